The van der Waals surface area contributed by atoms with Crippen LogP contribution in [0.15, 0.2) is 11.4 Å². The summed E-state index contributed by atoms with van der Waals surface area (Å²) in [4.78, 5) is 25.4. The molecule has 7 heteroatoms. The molecule has 0 aliphatic rings. The highest BCUT2D eigenvalue weighted by atomic mass is 32.1. The van der Waals surface area contributed by atoms with Gasteiger partial charge >= 0.3 is 5.97 Å². The molecule has 0 atom stereocenters. The molecule has 0 spiro atoms. The van der Waals surface area contributed by atoms with Crippen molar-refractivity contribution in [3.8, 4) is 0 Å². The molecule has 0 aliphatic carbocycles. The fraction of sp³-hybridized carbons (Fsp3) is 0.538. The molecule has 0 bridgehead atoms. The molecule has 6 nitrogen and oxygen atoms in total. The standard InChI is InChI=1S/C13H20N2O4S/c1-3-15(6-7-16)9-11(17)14-12-10(5-8-20-12)13(18)19-4-2/h5,8,16H,3-4,6-7,9H2,1-2H3,(H,14,17). The molecule has 0 unspecified atom stereocenters. The van der Waals surface area contributed by atoms with Crippen LogP contribution in [0, 0.1) is 0 Å². The van der Waals surface area contributed by atoms with E-state index in [2.05, 4.69) is 5.32 Å². The van der Waals surface area contributed by atoms with Crippen molar-refractivity contribution in [2.45, 2.75) is 13.8 Å². The Labute approximate surface area is 122 Å². The lowest BCUT2D eigenvalue weighted by Crippen LogP contribution is -2.35. The number of rotatable bonds is 8. The van der Waals surface area contributed by atoms with Gasteiger partial charge < -0.3 is 15.2 Å². The molecular weight excluding hydrogens is 280 g/mol. The van der Waals surface area contributed by atoms with Gasteiger partial charge in [0.15, 0.2) is 0 Å². The van der Waals surface area contributed by atoms with Crippen molar-refractivity contribution in [3.63, 3.8) is 0 Å². The fourth-order valence-electron chi connectivity index (χ4n) is 1.64. The number of aliphatic hydroxyl groups is 1. The number of hydrogen-bond donors (Lipinski definition) is 2. The summed E-state index contributed by atoms with van der Waals surface area (Å²) in [7, 11) is 0. The van der Waals surface area contributed by atoms with Gasteiger partial charge in [-0.15, -0.1) is 11.3 Å². The van der Waals surface area contributed by atoms with Gasteiger partial charge in [-0.1, -0.05) is 6.92 Å². The maximum absolute atomic E-state index is 11.9. The molecule has 0 saturated carbocycles. The summed E-state index contributed by atoms with van der Waals surface area (Å²) in [6.07, 6.45) is 0. The van der Waals surface area contributed by atoms with Gasteiger partial charge in [0.25, 0.3) is 0 Å². The lowest BCUT2D eigenvalue weighted by atomic mass is 10.3. The number of nitrogens with zero attached hydrogens (tertiary/aromatic N) is 1. The van der Waals surface area contributed by atoms with Crippen LogP contribution in [0.25, 0.3) is 0 Å². The van der Waals surface area contributed by atoms with E-state index >= 15 is 0 Å². The number of thiophene rings is 1. The normalized spacial score (nSPS) is 10.6. The number of carbonyl (C=O) groups excluding carboxylic acids is 2. The monoisotopic (exact) mass is 300 g/mol. The van der Waals surface area contributed by atoms with E-state index in [0.29, 0.717) is 30.3 Å². The predicted octanol–water partition coefficient (Wildman–Crippen LogP) is 1.18. The van der Waals surface area contributed by atoms with Crippen molar-refractivity contribution in [2.75, 3.05) is 38.2 Å². The minimum Gasteiger partial charge on any atom is -0.462 e. The number of amides is 1. The summed E-state index contributed by atoms with van der Waals surface area (Å²) < 4.78 is 4.92. The molecule has 1 aromatic rings. The van der Waals surface area contributed by atoms with Gasteiger partial charge in [-0.2, -0.15) is 0 Å². The van der Waals surface area contributed by atoms with Crippen molar-refractivity contribution < 1.29 is 19.4 Å². The highest BCUT2D eigenvalue weighted by molar-refractivity contribution is 7.14. The van der Waals surface area contributed by atoms with E-state index in [4.69, 9.17) is 9.84 Å². The van der Waals surface area contributed by atoms with Crippen molar-refractivity contribution in [1.82, 2.24) is 4.90 Å². The highest BCUT2D eigenvalue weighted by Gasteiger charge is 2.17. The molecule has 0 fully saturated rings. The Balaban J connectivity index is 2.62. The first kappa shape index (κ1) is 16.6. The molecule has 1 heterocycles. The first-order valence-electron chi connectivity index (χ1n) is 6.50. The van der Waals surface area contributed by atoms with E-state index in [1.54, 1.807) is 18.4 Å². The highest BCUT2D eigenvalue weighted by Crippen LogP contribution is 2.23. The number of nitrogens with one attached hydrogen (secondary N) is 1. The number of anilines is 1. The molecule has 1 aromatic heterocycles. The lowest BCUT2D eigenvalue weighted by Gasteiger charge is -2.18. The van der Waals surface area contributed by atoms with Crippen LogP contribution in [0.3, 0.4) is 0 Å². The van der Waals surface area contributed by atoms with Gasteiger partial charge in [0, 0.05) is 6.54 Å². The zero-order valence-corrected chi connectivity index (χ0v) is 12.5. The van der Waals surface area contributed by atoms with Crippen molar-refractivity contribution in [2.24, 2.45) is 0 Å². The maximum Gasteiger partial charge on any atom is 0.341 e. The van der Waals surface area contributed by atoms with Gasteiger partial charge in [-0.05, 0) is 24.9 Å². The summed E-state index contributed by atoms with van der Waals surface area (Å²) in [5.41, 5.74) is 0.371. The number of aliphatic hydroxyl groups excluding tert-OH is 1. The first-order valence-corrected chi connectivity index (χ1v) is 7.38. The number of hydrogen-bond acceptors (Lipinski definition) is 6. The van der Waals surface area contributed by atoms with E-state index in [-0.39, 0.29) is 19.1 Å². The van der Waals surface area contributed by atoms with Crippen LogP contribution in [0.4, 0.5) is 5.00 Å². The second-order valence-corrected chi connectivity index (χ2v) is 4.94. The van der Waals surface area contributed by atoms with Crippen LogP contribution in [-0.4, -0.2) is 54.7 Å². The average Bonchev–Trinajstić information content (AvgIpc) is 2.86. The van der Waals surface area contributed by atoms with Gasteiger partial charge in [0.2, 0.25) is 5.91 Å². The molecule has 0 saturated heterocycles. The Bertz CT molecular complexity index is 447. The summed E-state index contributed by atoms with van der Waals surface area (Å²) in [5.74, 6) is -0.653. The molecule has 1 rings (SSSR count). The van der Waals surface area contributed by atoms with Gasteiger partial charge in [-0.3, -0.25) is 9.69 Å². The summed E-state index contributed by atoms with van der Waals surface area (Å²) in [6, 6.07) is 1.63. The van der Waals surface area contributed by atoms with E-state index in [1.807, 2.05) is 11.8 Å². The fourth-order valence-corrected chi connectivity index (χ4v) is 2.43. The Morgan fingerprint density at radius 1 is 1.45 bits per heavy atom. The summed E-state index contributed by atoms with van der Waals surface area (Å²) in [6.45, 7) is 5.24. The van der Waals surface area contributed by atoms with Crippen molar-refractivity contribution >= 4 is 28.2 Å². The number of likely N-dealkylation sites (N-methyl/N-ethyl adjacent to an activating group) is 1. The van der Waals surface area contributed by atoms with E-state index < -0.39 is 5.97 Å². The number of ether oxygens (including phenoxy) is 1. The van der Waals surface area contributed by atoms with Gasteiger partial charge in [0.1, 0.15) is 5.00 Å². The molecular formula is C13H20N2O4S. The average molecular weight is 300 g/mol. The topological polar surface area (TPSA) is 78.9 Å². The van der Waals surface area contributed by atoms with Crippen LogP contribution in [0.2, 0.25) is 0 Å². The summed E-state index contributed by atoms with van der Waals surface area (Å²) >= 11 is 1.28. The van der Waals surface area contributed by atoms with Crippen LogP contribution in [0.1, 0.15) is 24.2 Å². The zero-order valence-electron chi connectivity index (χ0n) is 11.7. The molecule has 0 aliphatic heterocycles. The molecule has 112 valence electrons. The minimum absolute atomic E-state index is 0.00813. The maximum atomic E-state index is 11.9. The smallest absolute Gasteiger partial charge is 0.341 e. The van der Waals surface area contributed by atoms with Crippen molar-refractivity contribution in [1.29, 1.82) is 0 Å². The molecule has 1 amide bonds. The molecule has 0 aromatic carbocycles. The lowest BCUT2D eigenvalue weighted by molar-refractivity contribution is -0.117. The summed E-state index contributed by atoms with van der Waals surface area (Å²) in [5, 5.41) is 13.8. The molecule has 2 N–H and O–H groups in total. The van der Waals surface area contributed by atoms with Crippen molar-refractivity contribution in [3.05, 3.63) is 17.0 Å². The molecule has 20 heavy (non-hydrogen) atoms. The Morgan fingerprint density at radius 3 is 2.80 bits per heavy atom. The second-order valence-electron chi connectivity index (χ2n) is 4.02. The van der Waals surface area contributed by atoms with Crippen LogP contribution >= 0.6 is 11.3 Å². The number of esters is 1. The van der Waals surface area contributed by atoms with E-state index in [9.17, 15) is 9.59 Å². The van der Waals surface area contributed by atoms with Crippen LogP contribution in [-0.2, 0) is 9.53 Å². The van der Waals surface area contributed by atoms with Gasteiger partial charge in [-0.25, -0.2) is 4.79 Å². The van der Waals surface area contributed by atoms with E-state index in [0.717, 1.165) is 0 Å². The third-order valence-electron chi connectivity index (χ3n) is 2.64. The van der Waals surface area contributed by atoms with Crippen LogP contribution in [0.5, 0.6) is 0 Å². The first-order chi connectivity index (χ1) is 9.62. The Morgan fingerprint density at radius 2 is 2.20 bits per heavy atom. The predicted molar refractivity (Wildman–Crippen MR) is 78.1 cm³/mol. The minimum atomic E-state index is -0.438. The Hall–Kier alpha value is -1.44. The molecule has 0 radical (unpaired) electrons. The second kappa shape index (κ2) is 8.68. The van der Waals surface area contributed by atoms with Gasteiger partial charge in [0.05, 0.1) is 25.3 Å². The third-order valence-corrected chi connectivity index (χ3v) is 3.47. The number of carbonyl (C=O) groups is 2. The largest absolute Gasteiger partial charge is 0.462 e. The SMILES string of the molecule is CCOC(=O)c1ccsc1NC(=O)CN(CC)CCO. The third kappa shape index (κ3) is 4.92. The van der Waals surface area contributed by atoms with E-state index in [1.165, 1.54) is 11.3 Å². The zero-order chi connectivity index (χ0) is 15.0. The van der Waals surface area contributed by atoms with Crippen LogP contribution < -0.4 is 5.32 Å². The Kier molecular flexibility index (Phi) is 7.21. The quantitative estimate of drug-likeness (QED) is 0.705.